The molecule has 1 unspecified atom stereocenters. The number of halogens is 3. The fourth-order valence-electron chi connectivity index (χ4n) is 2.29. The highest BCUT2D eigenvalue weighted by atomic mass is 32.2. The van der Waals surface area contributed by atoms with Gasteiger partial charge in [0, 0.05) is 5.75 Å². The van der Waals surface area contributed by atoms with Gasteiger partial charge < -0.3 is 0 Å². The summed E-state index contributed by atoms with van der Waals surface area (Å²) in [7, 11) is -4.07. The Balaban J connectivity index is 2.28. The molecule has 0 saturated carbocycles. The van der Waals surface area contributed by atoms with Crippen LogP contribution in [-0.4, -0.2) is 42.6 Å². The van der Waals surface area contributed by atoms with E-state index in [1.807, 2.05) is 0 Å². The van der Waals surface area contributed by atoms with Gasteiger partial charge in [-0.15, -0.1) is 16.8 Å². The summed E-state index contributed by atoms with van der Waals surface area (Å²) in [5.41, 5.74) is -1.30. The van der Waals surface area contributed by atoms with Crippen LogP contribution in [0.1, 0.15) is 12.5 Å². The SMILES string of the molecule is C=CCSc1nnc(NC(=O)C(C)N(c2cccc(C(F)(F)F)c2)S(C)(=O)=O)s1. The lowest BCUT2D eigenvalue weighted by Gasteiger charge is -2.28. The van der Waals surface area contributed by atoms with Gasteiger partial charge in [-0.2, -0.15) is 13.2 Å². The molecule has 1 aromatic carbocycles. The highest BCUT2D eigenvalue weighted by Gasteiger charge is 2.34. The number of alkyl halides is 3. The van der Waals surface area contributed by atoms with Crippen molar-refractivity contribution in [2.75, 3.05) is 21.6 Å². The van der Waals surface area contributed by atoms with Crippen molar-refractivity contribution in [1.82, 2.24) is 10.2 Å². The molecule has 1 amide bonds. The second-order valence-electron chi connectivity index (χ2n) is 5.74. The predicted octanol–water partition coefficient (Wildman–Crippen LogP) is 3.63. The Hall–Kier alpha value is -2.12. The van der Waals surface area contributed by atoms with Crippen LogP contribution < -0.4 is 9.62 Å². The highest BCUT2D eigenvalue weighted by Crippen LogP contribution is 2.33. The van der Waals surface area contributed by atoms with E-state index in [4.69, 9.17) is 0 Å². The summed E-state index contributed by atoms with van der Waals surface area (Å²) in [5, 5.41) is 10.3. The molecular formula is C16H17F3N4O3S3. The monoisotopic (exact) mass is 466 g/mol. The number of carbonyl (C=O) groups is 1. The topological polar surface area (TPSA) is 92.3 Å². The number of anilines is 2. The Kier molecular flexibility index (Phi) is 7.30. The lowest BCUT2D eigenvalue weighted by atomic mass is 10.2. The summed E-state index contributed by atoms with van der Waals surface area (Å²) in [6.45, 7) is 4.85. The molecule has 1 N–H and O–H groups in total. The van der Waals surface area contributed by atoms with E-state index >= 15 is 0 Å². The zero-order valence-electron chi connectivity index (χ0n) is 15.3. The summed E-state index contributed by atoms with van der Waals surface area (Å²) in [5.74, 6) is -0.166. The number of hydrogen-bond donors (Lipinski definition) is 1. The molecule has 1 aromatic heterocycles. The molecule has 0 fully saturated rings. The Morgan fingerprint density at radius 1 is 1.41 bits per heavy atom. The molecule has 0 spiro atoms. The zero-order valence-corrected chi connectivity index (χ0v) is 17.8. The van der Waals surface area contributed by atoms with Gasteiger partial charge in [-0.3, -0.25) is 14.4 Å². The smallest absolute Gasteiger partial charge is 0.299 e. The van der Waals surface area contributed by atoms with Crippen LogP contribution in [0, 0.1) is 0 Å². The first-order valence-electron chi connectivity index (χ1n) is 7.98. The first-order chi connectivity index (χ1) is 13.4. The molecule has 7 nitrogen and oxygen atoms in total. The average Bonchev–Trinajstić information content (AvgIpc) is 3.05. The van der Waals surface area contributed by atoms with Crippen molar-refractivity contribution in [2.24, 2.45) is 0 Å². The minimum atomic E-state index is -4.66. The molecule has 0 aliphatic rings. The number of nitrogens with one attached hydrogen (secondary N) is 1. The number of benzene rings is 1. The third kappa shape index (κ3) is 6.18. The van der Waals surface area contributed by atoms with E-state index in [0.29, 0.717) is 20.5 Å². The number of carbonyl (C=O) groups excluding carboxylic acids is 1. The summed E-state index contributed by atoms with van der Waals surface area (Å²) < 4.78 is 64.7. The Morgan fingerprint density at radius 3 is 2.69 bits per heavy atom. The average molecular weight is 467 g/mol. The van der Waals surface area contributed by atoms with Crippen molar-refractivity contribution >= 4 is 49.8 Å². The van der Waals surface area contributed by atoms with E-state index in [2.05, 4.69) is 22.1 Å². The van der Waals surface area contributed by atoms with Gasteiger partial charge in [-0.05, 0) is 25.1 Å². The maximum atomic E-state index is 13.0. The minimum absolute atomic E-state index is 0.144. The molecular weight excluding hydrogens is 449 g/mol. The van der Waals surface area contributed by atoms with Crippen molar-refractivity contribution in [2.45, 2.75) is 23.5 Å². The Labute approximate surface area is 174 Å². The Bertz CT molecular complexity index is 993. The van der Waals surface area contributed by atoms with Gasteiger partial charge in [0.05, 0.1) is 17.5 Å². The van der Waals surface area contributed by atoms with E-state index in [-0.39, 0.29) is 10.8 Å². The lowest BCUT2D eigenvalue weighted by Crippen LogP contribution is -2.45. The second-order valence-corrected chi connectivity index (χ2v) is 9.85. The van der Waals surface area contributed by atoms with Gasteiger partial charge in [-0.1, -0.05) is 35.2 Å². The number of nitrogens with zero attached hydrogens (tertiary/aromatic N) is 3. The third-order valence-electron chi connectivity index (χ3n) is 3.48. The summed E-state index contributed by atoms with van der Waals surface area (Å²) in [6.07, 6.45) is -2.17. The summed E-state index contributed by atoms with van der Waals surface area (Å²) in [6, 6.07) is 2.43. The fraction of sp³-hybridized carbons (Fsp3) is 0.312. The van der Waals surface area contributed by atoms with Crippen LogP contribution in [0.2, 0.25) is 0 Å². The predicted molar refractivity (Wildman–Crippen MR) is 108 cm³/mol. The third-order valence-corrected chi connectivity index (χ3v) is 6.69. The Morgan fingerprint density at radius 2 is 2.10 bits per heavy atom. The number of thioether (sulfide) groups is 1. The summed E-state index contributed by atoms with van der Waals surface area (Å²) in [4.78, 5) is 12.6. The molecule has 158 valence electrons. The van der Waals surface area contributed by atoms with E-state index < -0.39 is 33.7 Å². The lowest BCUT2D eigenvalue weighted by molar-refractivity contribution is -0.137. The van der Waals surface area contributed by atoms with Crippen molar-refractivity contribution in [3.05, 3.63) is 42.5 Å². The van der Waals surface area contributed by atoms with E-state index in [1.54, 1.807) is 6.08 Å². The first kappa shape index (κ1) is 23.2. The van der Waals surface area contributed by atoms with Crippen molar-refractivity contribution in [3.63, 3.8) is 0 Å². The number of hydrogen-bond acceptors (Lipinski definition) is 7. The van der Waals surface area contributed by atoms with Gasteiger partial charge in [0.15, 0.2) is 4.34 Å². The molecule has 0 saturated heterocycles. The van der Waals surface area contributed by atoms with Crippen molar-refractivity contribution < 1.29 is 26.4 Å². The number of rotatable bonds is 8. The van der Waals surface area contributed by atoms with E-state index in [9.17, 15) is 26.4 Å². The quantitative estimate of drug-likeness (QED) is 0.363. The molecule has 1 heterocycles. The van der Waals surface area contributed by atoms with Crippen LogP contribution in [0.25, 0.3) is 0 Å². The first-order valence-corrected chi connectivity index (χ1v) is 11.6. The molecule has 0 aliphatic carbocycles. The molecule has 0 aliphatic heterocycles. The van der Waals surface area contributed by atoms with E-state index in [1.165, 1.54) is 24.8 Å². The van der Waals surface area contributed by atoms with Crippen LogP contribution in [0.4, 0.5) is 24.0 Å². The molecule has 2 aromatic rings. The number of amides is 1. The number of sulfonamides is 1. The maximum Gasteiger partial charge on any atom is 0.416 e. The largest absolute Gasteiger partial charge is 0.416 e. The van der Waals surface area contributed by atoms with Crippen molar-refractivity contribution in [1.29, 1.82) is 0 Å². The van der Waals surface area contributed by atoms with Gasteiger partial charge in [0.1, 0.15) is 6.04 Å². The normalized spacial score (nSPS) is 13.0. The minimum Gasteiger partial charge on any atom is -0.299 e. The highest BCUT2D eigenvalue weighted by molar-refractivity contribution is 8.01. The van der Waals surface area contributed by atoms with Gasteiger partial charge in [0.25, 0.3) is 0 Å². The molecule has 1 atom stereocenters. The van der Waals surface area contributed by atoms with Gasteiger partial charge in [-0.25, -0.2) is 8.42 Å². The second kappa shape index (κ2) is 9.13. The van der Waals surface area contributed by atoms with Crippen LogP contribution in [0.5, 0.6) is 0 Å². The number of aromatic nitrogens is 2. The van der Waals surface area contributed by atoms with Gasteiger partial charge >= 0.3 is 6.18 Å². The van der Waals surface area contributed by atoms with Crippen LogP contribution in [-0.2, 0) is 21.0 Å². The molecule has 0 bridgehead atoms. The van der Waals surface area contributed by atoms with Gasteiger partial charge in [0.2, 0.25) is 21.1 Å². The van der Waals surface area contributed by atoms with E-state index in [0.717, 1.165) is 29.7 Å². The molecule has 2 rings (SSSR count). The van der Waals surface area contributed by atoms with Crippen molar-refractivity contribution in [3.8, 4) is 0 Å². The summed E-state index contributed by atoms with van der Waals surface area (Å²) >= 11 is 2.43. The maximum absolute atomic E-state index is 13.0. The van der Waals surface area contributed by atoms with Crippen LogP contribution in [0.15, 0.2) is 41.3 Å². The van der Waals surface area contributed by atoms with Crippen LogP contribution >= 0.6 is 23.1 Å². The molecule has 0 radical (unpaired) electrons. The zero-order chi connectivity index (χ0) is 21.8. The fourth-order valence-corrected chi connectivity index (χ4v) is 4.97. The standard InChI is InChI=1S/C16H17F3N4O3S3/c1-4-8-27-15-22-21-14(28-15)20-13(24)10(2)23(29(3,25)26)12-7-5-6-11(9-12)16(17,18)19/h4-7,9-10H,1,8H2,2-3H3,(H,20,21,24). The molecule has 29 heavy (non-hydrogen) atoms. The van der Waals surface area contributed by atoms with Crippen LogP contribution in [0.3, 0.4) is 0 Å². The molecule has 13 heteroatoms.